The van der Waals surface area contributed by atoms with Gasteiger partial charge in [-0.25, -0.2) is 8.42 Å². The number of aromatic nitrogens is 2. The van der Waals surface area contributed by atoms with Crippen molar-refractivity contribution in [2.75, 3.05) is 15.4 Å². The molecule has 9 heteroatoms. The van der Waals surface area contributed by atoms with Crippen molar-refractivity contribution in [1.29, 1.82) is 0 Å². The zero-order valence-corrected chi connectivity index (χ0v) is 13.8. The first-order valence-electron chi connectivity index (χ1n) is 7.43. The van der Waals surface area contributed by atoms with Crippen LogP contribution in [0.15, 0.2) is 41.3 Å². The van der Waals surface area contributed by atoms with Crippen molar-refractivity contribution in [2.24, 2.45) is 0 Å². The van der Waals surface area contributed by atoms with Crippen LogP contribution < -0.4 is 15.4 Å². The van der Waals surface area contributed by atoms with E-state index in [0.717, 1.165) is 12.8 Å². The fraction of sp³-hybridized carbons (Fsp3) is 0.267. The molecule has 0 spiro atoms. The van der Waals surface area contributed by atoms with Crippen LogP contribution in [0, 0.1) is 0 Å². The monoisotopic (exact) mass is 347 g/mol. The number of carbonyl (C=O) groups excluding carboxylic acids is 1. The van der Waals surface area contributed by atoms with Gasteiger partial charge in [-0.1, -0.05) is 0 Å². The van der Waals surface area contributed by atoms with Gasteiger partial charge < -0.3 is 10.6 Å². The van der Waals surface area contributed by atoms with Crippen molar-refractivity contribution >= 4 is 33.3 Å². The summed E-state index contributed by atoms with van der Waals surface area (Å²) in [5.74, 6) is 0.543. The van der Waals surface area contributed by atoms with Crippen molar-refractivity contribution in [3.05, 3.63) is 36.4 Å². The largest absolute Gasteiger partial charge is 0.366 e. The summed E-state index contributed by atoms with van der Waals surface area (Å²) in [5, 5.41) is 13.6. The summed E-state index contributed by atoms with van der Waals surface area (Å²) in [5.41, 5.74) is 0.525. The van der Waals surface area contributed by atoms with Gasteiger partial charge in [0.15, 0.2) is 5.82 Å². The van der Waals surface area contributed by atoms with Gasteiger partial charge in [-0.3, -0.25) is 9.52 Å². The molecule has 0 unspecified atom stereocenters. The third-order valence-electron chi connectivity index (χ3n) is 3.32. The van der Waals surface area contributed by atoms with E-state index in [1.54, 1.807) is 12.1 Å². The highest BCUT2D eigenvalue weighted by molar-refractivity contribution is 7.92. The zero-order valence-electron chi connectivity index (χ0n) is 13.0. The standard InChI is InChI=1S/C15H17N5O3S/c1-10(21)16-11-4-6-13(7-5-11)24(22,23)20-15-9-8-14(18-19-15)17-12-2-3-12/h4-9,12H,2-3H2,1H3,(H,16,21)(H,17,18)(H,19,20). The topological polar surface area (TPSA) is 113 Å². The van der Waals surface area contributed by atoms with Crippen molar-refractivity contribution in [3.8, 4) is 0 Å². The zero-order chi connectivity index (χ0) is 17.2. The molecule has 0 radical (unpaired) electrons. The predicted octanol–water partition coefficient (Wildman–Crippen LogP) is 1.81. The quantitative estimate of drug-likeness (QED) is 0.734. The van der Waals surface area contributed by atoms with Gasteiger partial charge in [0.2, 0.25) is 5.91 Å². The number of hydrogen-bond acceptors (Lipinski definition) is 6. The number of carbonyl (C=O) groups is 1. The maximum atomic E-state index is 12.3. The number of anilines is 3. The summed E-state index contributed by atoms with van der Waals surface area (Å²) in [7, 11) is -3.77. The Labute approximate surface area is 139 Å². The molecular formula is C15H17N5O3S. The van der Waals surface area contributed by atoms with Crippen LogP contribution in [0.2, 0.25) is 0 Å². The van der Waals surface area contributed by atoms with Gasteiger partial charge in [-0.05, 0) is 49.2 Å². The van der Waals surface area contributed by atoms with E-state index in [1.807, 2.05) is 0 Å². The van der Waals surface area contributed by atoms with Crippen LogP contribution in [0.5, 0.6) is 0 Å². The number of nitrogens with one attached hydrogen (secondary N) is 3. The number of amides is 1. The Morgan fingerprint density at radius 1 is 1.04 bits per heavy atom. The molecule has 1 aliphatic carbocycles. The van der Waals surface area contributed by atoms with Crippen LogP contribution in [0.4, 0.5) is 17.3 Å². The molecule has 1 aliphatic rings. The minimum absolute atomic E-state index is 0.0681. The third kappa shape index (κ3) is 4.19. The fourth-order valence-corrected chi connectivity index (χ4v) is 3.01. The highest BCUT2D eigenvalue weighted by Gasteiger charge is 2.21. The van der Waals surface area contributed by atoms with Crippen LogP contribution in [0.3, 0.4) is 0 Å². The molecule has 8 nitrogen and oxygen atoms in total. The summed E-state index contributed by atoms with van der Waals surface area (Å²) in [6.07, 6.45) is 2.23. The molecule has 1 saturated carbocycles. The first-order valence-corrected chi connectivity index (χ1v) is 8.91. The number of hydrogen-bond donors (Lipinski definition) is 3. The predicted molar refractivity (Wildman–Crippen MR) is 90.2 cm³/mol. The molecule has 1 aromatic carbocycles. The van der Waals surface area contributed by atoms with Gasteiger partial charge in [-0.2, -0.15) is 0 Å². The Morgan fingerprint density at radius 3 is 2.21 bits per heavy atom. The molecule has 1 fully saturated rings. The molecule has 1 heterocycles. The van der Waals surface area contributed by atoms with Crippen molar-refractivity contribution in [2.45, 2.75) is 30.7 Å². The fourth-order valence-electron chi connectivity index (χ4n) is 2.02. The summed E-state index contributed by atoms with van der Waals surface area (Å²) >= 11 is 0. The van der Waals surface area contributed by atoms with E-state index in [1.165, 1.54) is 31.2 Å². The normalized spacial score (nSPS) is 14.0. The highest BCUT2D eigenvalue weighted by Crippen LogP contribution is 2.24. The number of sulfonamides is 1. The molecule has 0 atom stereocenters. The lowest BCUT2D eigenvalue weighted by Crippen LogP contribution is -2.15. The van der Waals surface area contributed by atoms with Gasteiger partial charge in [0.1, 0.15) is 5.82 Å². The van der Waals surface area contributed by atoms with E-state index in [9.17, 15) is 13.2 Å². The molecule has 1 amide bonds. The van der Waals surface area contributed by atoms with Crippen molar-refractivity contribution in [1.82, 2.24) is 10.2 Å². The molecule has 3 N–H and O–H groups in total. The molecule has 126 valence electrons. The van der Waals surface area contributed by atoms with Crippen LogP contribution in [-0.4, -0.2) is 30.6 Å². The first kappa shape index (κ1) is 16.2. The Bertz CT molecular complexity index is 830. The van der Waals surface area contributed by atoms with Crippen LogP contribution in [0.25, 0.3) is 0 Å². The second-order valence-electron chi connectivity index (χ2n) is 5.53. The number of nitrogens with zero attached hydrogens (tertiary/aromatic N) is 2. The van der Waals surface area contributed by atoms with Gasteiger partial charge >= 0.3 is 0 Å². The number of benzene rings is 1. The van der Waals surface area contributed by atoms with Gasteiger partial charge in [0.05, 0.1) is 4.90 Å². The summed E-state index contributed by atoms with van der Waals surface area (Å²) in [4.78, 5) is 11.0. The average molecular weight is 347 g/mol. The maximum absolute atomic E-state index is 12.3. The van der Waals surface area contributed by atoms with E-state index in [0.29, 0.717) is 17.5 Å². The summed E-state index contributed by atoms with van der Waals surface area (Å²) in [6.45, 7) is 1.38. The lowest BCUT2D eigenvalue weighted by molar-refractivity contribution is -0.114. The maximum Gasteiger partial charge on any atom is 0.263 e. The van der Waals surface area contributed by atoms with E-state index >= 15 is 0 Å². The Kier molecular flexibility index (Phi) is 4.34. The molecule has 1 aromatic heterocycles. The summed E-state index contributed by atoms with van der Waals surface area (Å²) < 4.78 is 27.0. The van der Waals surface area contributed by atoms with Crippen molar-refractivity contribution in [3.63, 3.8) is 0 Å². The highest BCUT2D eigenvalue weighted by atomic mass is 32.2. The smallest absolute Gasteiger partial charge is 0.263 e. The lowest BCUT2D eigenvalue weighted by atomic mass is 10.3. The van der Waals surface area contributed by atoms with E-state index in [-0.39, 0.29) is 16.6 Å². The second kappa shape index (κ2) is 6.44. The average Bonchev–Trinajstić information content (AvgIpc) is 3.33. The molecule has 3 rings (SSSR count). The number of rotatable bonds is 6. The molecule has 0 aliphatic heterocycles. The minimum Gasteiger partial charge on any atom is -0.366 e. The van der Waals surface area contributed by atoms with Crippen LogP contribution in [0.1, 0.15) is 19.8 Å². The third-order valence-corrected chi connectivity index (χ3v) is 4.69. The van der Waals surface area contributed by atoms with E-state index in [2.05, 4.69) is 25.6 Å². The Hall–Kier alpha value is -2.68. The van der Waals surface area contributed by atoms with Gasteiger partial charge in [0.25, 0.3) is 10.0 Å². The Morgan fingerprint density at radius 2 is 1.67 bits per heavy atom. The summed E-state index contributed by atoms with van der Waals surface area (Å²) in [6, 6.07) is 9.54. The lowest BCUT2D eigenvalue weighted by Gasteiger charge is -2.09. The van der Waals surface area contributed by atoms with Gasteiger partial charge in [0, 0.05) is 18.7 Å². The van der Waals surface area contributed by atoms with Crippen LogP contribution in [-0.2, 0) is 14.8 Å². The molecular weight excluding hydrogens is 330 g/mol. The second-order valence-corrected chi connectivity index (χ2v) is 7.22. The molecule has 24 heavy (non-hydrogen) atoms. The first-order chi connectivity index (χ1) is 11.4. The minimum atomic E-state index is -3.77. The molecule has 0 bridgehead atoms. The van der Waals surface area contributed by atoms with Gasteiger partial charge in [-0.15, -0.1) is 10.2 Å². The van der Waals surface area contributed by atoms with Crippen LogP contribution >= 0.6 is 0 Å². The molecule has 2 aromatic rings. The van der Waals surface area contributed by atoms with Crippen molar-refractivity contribution < 1.29 is 13.2 Å². The van der Waals surface area contributed by atoms with E-state index in [4.69, 9.17) is 0 Å². The van der Waals surface area contributed by atoms with E-state index < -0.39 is 10.0 Å². The Balaban J connectivity index is 1.69. The SMILES string of the molecule is CC(=O)Nc1ccc(S(=O)(=O)Nc2ccc(NC3CC3)nn2)cc1. The molecule has 0 saturated heterocycles.